The van der Waals surface area contributed by atoms with Gasteiger partial charge < -0.3 is 19.4 Å². The number of amides is 2. The van der Waals surface area contributed by atoms with Crippen molar-refractivity contribution in [1.82, 2.24) is 9.80 Å². The molecule has 2 aliphatic rings. The first kappa shape index (κ1) is 27.4. The molecule has 5 rings (SSSR count). The average molecular weight is 570 g/mol. The molecule has 2 fully saturated rings. The maximum Gasteiger partial charge on any atom is 0.253 e. The van der Waals surface area contributed by atoms with Gasteiger partial charge in [0.25, 0.3) is 5.91 Å². The Hall–Kier alpha value is -3.13. The molecule has 0 radical (unpaired) electrons. The van der Waals surface area contributed by atoms with Crippen molar-refractivity contribution >= 4 is 40.7 Å². The van der Waals surface area contributed by atoms with E-state index < -0.39 is 0 Å². The third kappa shape index (κ3) is 6.21. The van der Waals surface area contributed by atoms with Gasteiger partial charge in [-0.25, -0.2) is 4.39 Å². The number of likely N-dealkylation sites (tertiary alicyclic amines) is 1. The molecule has 204 valence electrons. The van der Waals surface area contributed by atoms with E-state index in [1.807, 2.05) is 36.4 Å². The molecule has 0 aromatic heterocycles. The molecular weight excluding hydrogens is 540 g/mol. The van der Waals surface area contributed by atoms with E-state index in [1.54, 1.807) is 35.0 Å². The van der Waals surface area contributed by atoms with Crippen LogP contribution in [0.5, 0.6) is 0 Å². The van der Waals surface area contributed by atoms with E-state index in [2.05, 4.69) is 4.90 Å². The number of anilines is 1. The van der Waals surface area contributed by atoms with Crippen LogP contribution in [0.1, 0.15) is 27.4 Å². The van der Waals surface area contributed by atoms with E-state index in [9.17, 15) is 14.0 Å². The van der Waals surface area contributed by atoms with Crippen molar-refractivity contribution in [2.24, 2.45) is 0 Å². The van der Waals surface area contributed by atoms with Crippen LogP contribution in [-0.2, 0) is 16.0 Å². The summed E-state index contributed by atoms with van der Waals surface area (Å²) in [4.78, 5) is 32.6. The molecule has 1 unspecified atom stereocenters. The lowest BCUT2D eigenvalue weighted by Gasteiger charge is -2.29. The highest BCUT2D eigenvalue weighted by Crippen LogP contribution is 2.35. The largest absolute Gasteiger partial charge is 0.378 e. The van der Waals surface area contributed by atoms with Crippen LogP contribution in [-0.4, -0.2) is 74.1 Å². The lowest BCUT2D eigenvalue weighted by molar-refractivity contribution is -0.131. The highest BCUT2D eigenvalue weighted by molar-refractivity contribution is 6.42. The molecule has 3 aromatic rings. The number of carbonyl (C=O) groups is 2. The number of carbonyl (C=O) groups excluding carboxylic acids is 2. The van der Waals surface area contributed by atoms with Gasteiger partial charge in [-0.1, -0.05) is 41.4 Å². The number of likely N-dealkylation sites (N-methyl/N-ethyl adjacent to an activating group) is 1. The van der Waals surface area contributed by atoms with E-state index in [0.29, 0.717) is 41.9 Å². The normalized spacial score (nSPS) is 19.3. The van der Waals surface area contributed by atoms with Crippen LogP contribution in [0, 0.1) is 5.82 Å². The SMILES string of the molecule is CN(C(=O)Cc1ccc(F)cc1)C1CN(C(=O)c2ccc(N3CCOCC3)cc2)C[C@@H]1c1ccc(Cl)c(Cl)c1. The van der Waals surface area contributed by atoms with Gasteiger partial charge in [-0.05, 0) is 59.7 Å². The summed E-state index contributed by atoms with van der Waals surface area (Å²) in [6, 6.07) is 18.8. The first-order chi connectivity index (χ1) is 18.8. The monoisotopic (exact) mass is 569 g/mol. The Bertz CT molecular complexity index is 1330. The Morgan fingerprint density at radius 1 is 0.949 bits per heavy atom. The summed E-state index contributed by atoms with van der Waals surface area (Å²) in [5, 5.41) is 0.876. The summed E-state index contributed by atoms with van der Waals surface area (Å²) in [5.41, 5.74) is 3.30. The van der Waals surface area contributed by atoms with Crippen LogP contribution in [0.15, 0.2) is 66.7 Å². The Kier molecular flexibility index (Phi) is 8.40. The fourth-order valence-electron chi connectivity index (χ4n) is 5.32. The first-order valence-electron chi connectivity index (χ1n) is 13.0. The molecule has 0 saturated carbocycles. The molecule has 2 heterocycles. The average Bonchev–Trinajstić information content (AvgIpc) is 3.41. The van der Waals surface area contributed by atoms with Crippen LogP contribution < -0.4 is 4.90 Å². The molecular formula is C30H30Cl2FN3O3. The highest BCUT2D eigenvalue weighted by Gasteiger charge is 2.40. The van der Waals surface area contributed by atoms with Crippen molar-refractivity contribution in [2.75, 3.05) is 51.3 Å². The quantitative estimate of drug-likeness (QED) is 0.405. The fourth-order valence-corrected chi connectivity index (χ4v) is 5.63. The molecule has 0 bridgehead atoms. The summed E-state index contributed by atoms with van der Waals surface area (Å²) in [5.74, 6) is -0.697. The Morgan fingerprint density at radius 3 is 2.31 bits per heavy atom. The van der Waals surface area contributed by atoms with Crippen molar-refractivity contribution in [3.63, 3.8) is 0 Å². The van der Waals surface area contributed by atoms with Crippen LogP contribution in [0.25, 0.3) is 0 Å². The number of nitrogens with zero attached hydrogens (tertiary/aromatic N) is 3. The number of hydrogen-bond donors (Lipinski definition) is 0. The second kappa shape index (κ2) is 11.9. The van der Waals surface area contributed by atoms with Gasteiger partial charge >= 0.3 is 0 Å². The van der Waals surface area contributed by atoms with E-state index in [0.717, 1.165) is 29.9 Å². The minimum absolute atomic E-state index is 0.0875. The van der Waals surface area contributed by atoms with Crippen molar-refractivity contribution < 1.29 is 18.7 Å². The van der Waals surface area contributed by atoms with Gasteiger partial charge in [0.05, 0.1) is 35.7 Å². The van der Waals surface area contributed by atoms with Crippen LogP contribution >= 0.6 is 23.2 Å². The second-order valence-electron chi connectivity index (χ2n) is 10.0. The smallest absolute Gasteiger partial charge is 0.253 e. The number of hydrogen-bond acceptors (Lipinski definition) is 4. The molecule has 2 saturated heterocycles. The van der Waals surface area contributed by atoms with Gasteiger partial charge in [-0.2, -0.15) is 0 Å². The predicted molar refractivity (Wildman–Crippen MR) is 151 cm³/mol. The number of benzene rings is 3. The van der Waals surface area contributed by atoms with Crippen molar-refractivity contribution in [3.05, 3.63) is 99.3 Å². The zero-order valence-electron chi connectivity index (χ0n) is 21.7. The predicted octanol–water partition coefficient (Wildman–Crippen LogP) is 5.28. The van der Waals surface area contributed by atoms with Gasteiger partial charge in [0.15, 0.2) is 0 Å². The molecule has 9 heteroatoms. The summed E-state index contributed by atoms with van der Waals surface area (Å²) in [6.45, 7) is 3.84. The minimum Gasteiger partial charge on any atom is -0.378 e. The zero-order valence-corrected chi connectivity index (χ0v) is 23.2. The van der Waals surface area contributed by atoms with Gasteiger partial charge in [-0.15, -0.1) is 0 Å². The molecule has 2 amide bonds. The summed E-state index contributed by atoms with van der Waals surface area (Å²) in [6.07, 6.45) is 0.137. The second-order valence-corrected chi connectivity index (χ2v) is 10.8. The van der Waals surface area contributed by atoms with Gasteiger partial charge in [0.1, 0.15) is 5.82 Å². The Morgan fingerprint density at radius 2 is 1.64 bits per heavy atom. The Labute approximate surface area is 237 Å². The number of halogens is 3. The zero-order chi connectivity index (χ0) is 27.5. The highest BCUT2D eigenvalue weighted by atomic mass is 35.5. The lowest BCUT2D eigenvalue weighted by Crippen LogP contribution is -2.42. The standard InChI is InChI=1S/C30H30Cl2FN3O3/c1-34(29(37)16-20-2-7-23(33)8-3-20)28-19-36(18-25(28)22-6-11-26(31)27(32)17-22)30(38)21-4-9-24(10-5-21)35-12-14-39-15-13-35/h2-11,17,25,28H,12-16,18-19H2,1H3/t25-,28?/m1/s1. The third-order valence-electron chi connectivity index (χ3n) is 7.60. The maximum atomic E-state index is 13.6. The van der Waals surface area contributed by atoms with Gasteiger partial charge in [0, 0.05) is 50.4 Å². The van der Waals surface area contributed by atoms with E-state index in [-0.39, 0.29) is 36.0 Å². The topological polar surface area (TPSA) is 53.1 Å². The minimum atomic E-state index is -0.345. The van der Waals surface area contributed by atoms with E-state index in [4.69, 9.17) is 27.9 Å². The molecule has 2 atom stereocenters. The fraction of sp³-hybridized carbons (Fsp3) is 0.333. The number of morpholine rings is 1. The molecule has 2 aliphatic heterocycles. The number of rotatable bonds is 6. The maximum absolute atomic E-state index is 13.6. The molecule has 0 N–H and O–H groups in total. The third-order valence-corrected chi connectivity index (χ3v) is 8.34. The summed E-state index contributed by atoms with van der Waals surface area (Å²) >= 11 is 12.5. The van der Waals surface area contributed by atoms with Crippen LogP contribution in [0.3, 0.4) is 0 Å². The van der Waals surface area contributed by atoms with E-state index in [1.165, 1.54) is 12.1 Å². The first-order valence-corrected chi connectivity index (χ1v) is 13.7. The van der Waals surface area contributed by atoms with Crippen LogP contribution in [0.4, 0.5) is 10.1 Å². The van der Waals surface area contributed by atoms with Crippen molar-refractivity contribution in [3.8, 4) is 0 Å². The van der Waals surface area contributed by atoms with Gasteiger partial charge in [0.2, 0.25) is 5.91 Å². The Balaban J connectivity index is 1.36. The lowest BCUT2D eigenvalue weighted by atomic mass is 9.93. The molecule has 0 spiro atoms. The summed E-state index contributed by atoms with van der Waals surface area (Å²) < 4.78 is 18.8. The molecule has 6 nitrogen and oxygen atoms in total. The van der Waals surface area contributed by atoms with Gasteiger partial charge in [-0.3, -0.25) is 9.59 Å². The van der Waals surface area contributed by atoms with E-state index >= 15 is 0 Å². The number of ether oxygens (including phenoxy) is 1. The van der Waals surface area contributed by atoms with Crippen molar-refractivity contribution in [2.45, 2.75) is 18.4 Å². The molecule has 0 aliphatic carbocycles. The molecule has 39 heavy (non-hydrogen) atoms. The molecule has 3 aromatic carbocycles. The van der Waals surface area contributed by atoms with Crippen LogP contribution in [0.2, 0.25) is 10.0 Å². The summed E-state index contributed by atoms with van der Waals surface area (Å²) in [7, 11) is 1.76. The van der Waals surface area contributed by atoms with Crippen molar-refractivity contribution in [1.29, 1.82) is 0 Å².